The summed E-state index contributed by atoms with van der Waals surface area (Å²) in [6.07, 6.45) is 6.51. The van der Waals surface area contributed by atoms with Crippen molar-refractivity contribution in [1.82, 2.24) is 5.32 Å². The number of carbonyl (C=O) groups excluding carboxylic acids is 1. The van der Waals surface area contributed by atoms with Crippen LogP contribution in [0.25, 0.3) is 0 Å². The summed E-state index contributed by atoms with van der Waals surface area (Å²) in [6.45, 7) is 1.93. The quantitative estimate of drug-likeness (QED) is 0.790. The van der Waals surface area contributed by atoms with Crippen molar-refractivity contribution in [3.8, 4) is 0 Å². The maximum Gasteiger partial charge on any atom is 0.305 e. The van der Waals surface area contributed by atoms with Crippen LogP contribution in [0.2, 0.25) is 0 Å². The van der Waals surface area contributed by atoms with Gasteiger partial charge in [0.1, 0.15) is 0 Å². The Hall–Kier alpha value is -2.10. The summed E-state index contributed by atoms with van der Waals surface area (Å²) in [6, 6.07) is 7.10. The van der Waals surface area contributed by atoms with Crippen LogP contribution in [-0.2, 0) is 9.59 Å². The molecular formula is C17H21NO3. The van der Waals surface area contributed by atoms with E-state index < -0.39 is 12.0 Å². The van der Waals surface area contributed by atoms with Crippen LogP contribution in [0.5, 0.6) is 0 Å². The van der Waals surface area contributed by atoms with Gasteiger partial charge in [-0.1, -0.05) is 36.4 Å². The second-order valence-corrected chi connectivity index (χ2v) is 5.54. The number of carboxylic acids is 1. The van der Waals surface area contributed by atoms with Gasteiger partial charge in [-0.2, -0.15) is 0 Å². The lowest BCUT2D eigenvalue weighted by molar-refractivity contribution is -0.137. The molecule has 1 aromatic carbocycles. The largest absolute Gasteiger partial charge is 0.481 e. The van der Waals surface area contributed by atoms with Crippen LogP contribution >= 0.6 is 0 Å². The number of aryl methyl sites for hydroxylation is 1. The zero-order valence-corrected chi connectivity index (χ0v) is 12.2. The molecule has 4 heteroatoms. The molecule has 21 heavy (non-hydrogen) atoms. The van der Waals surface area contributed by atoms with Gasteiger partial charge in [0, 0.05) is 6.42 Å². The number of aliphatic carboxylic acids is 1. The van der Waals surface area contributed by atoms with E-state index in [1.807, 2.05) is 31.2 Å². The summed E-state index contributed by atoms with van der Waals surface area (Å²) >= 11 is 0. The van der Waals surface area contributed by atoms with E-state index in [0.717, 1.165) is 24.0 Å². The first-order valence-corrected chi connectivity index (χ1v) is 7.29. The molecule has 0 fully saturated rings. The average Bonchev–Trinajstić information content (AvgIpc) is 2.90. The van der Waals surface area contributed by atoms with Crippen molar-refractivity contribution < 1.29 is 14.7 Å². The van der Waals surface area contributed by atoms with Crippen molar-refractivity contribution in [3.63, 3.8) is 0 Å². The molecule has 0 saturated carbocycles. The van der Waals surface area contributed by atoms with Crippen LogP contribution in [0.3, 0.4) is 0 Å². The van der Waals surface area contributed by atoms with Gasteiger partial charge in [0.25, 0.3) is 0 Å². The van der Waals surface area contributed by atoms with Crippen molar-refractivity contribution in [1.29, 1.82) is 0 Å². The molecule has 0 aliphatic heterocycles. The summed E-state index contributed by atoms with van der Waals surface area (Å²) in [5, 5.41) is 11.9. The van der Waals surface area contributed by atoms with Crippen LogP contribution in [0.15, 0.2) is 36.4 Å². The molecule has 0 heterocycles. The van der Waals surface area contributed by atoms with Crippen LogP contribution in [0.1, 0.15) is 42.9 Å². The zero-order valence-electron chi connectivity index (χ0n) is 12.2. The van der Waals surface area contributed by atoms with Crippen LogP contribution in [0.4, 0.5) is 0 Å². The van der Waals surface area contributed by atoms with Gasteiger partial charge in [-0.05, 0) is 36.8 Å². The Morgan fingerprint density at radius 3 is 2.76 bits per heavy atom. The minimum atomic E-state index is -0.913. The Morgan fingerprint density at radius 1 is 1.38 bits per heavy atom. The fraction of sp³-hybridized carbons (Fsp3) is 0.412. The zero-order chi connectivity index (χ0) is 15.2. The molecule has 0 saturated heterocycles. The van der Waals surface area contributed by atoms with E-state index in [1.54, 1.807) is 0 Å². The van der Waals surface area contributed by atoms with E-state index in [0.29, 0.717) is 6.42 Å². The number of carboxylic acid groups (broad SMARTS) is 1. The molecule has 0 aromatic heterocycles. The normalized spacial score (nSPS) is 18.4. The van der Waals surface area contributed by atoms with Crippen molar-refractivity contribution in [2.24, 2.45) is 5.92 Å². The van der Waals surface area contributed by atoms with Gasteiger partial charge < -0.3 is 10.4 Å². The number of rotatable bonds is 6. The molecule has 1 aliphatic carbocycles. The highest BCUT2D eigenvalue weighted by molar-refractivity contribution is 5.78. The summed E-state index contributed by atoms with van der Waals surface area (Å²) < 4.78 is 0. The monoisotopic (exact) mass is 287 g/mol. The number of nitrogens with one attached hydrogen (secondary N) is 1. The smallest absolute Gasteiger partial charge is 0.305 e. The molecule has 4 nitrogen and oxygen atoms in total. The number of allylic oxidation sites excluding steroid dienone is 2. The first-order chi connectivity index (χ1) is 10.1. The Morgan fingerprint density at radius 2 is 2.14 bits per heavy atom. The summed E-state index contributed by atoms with van der Waals surface area (Å²) in [5.74, 6) is -0.710. The second kappa shape index (κ2) is 7.07. The molecule has 2 rings (SSSR count). The van der Waals surface area contributed by atoms with E-state index in [2.05, 4.69) is 17.5 Å². The molecule has 1 aromatic rings. The number of hydrogen-bond acceptors (Lipinski definition) is 2. The number of benzene rings is 1. The van der Waals surface area contributed by atoms with Crippen LogP contribution in [-0.4, -0.2) is 17.0 Å². The van der Waals surface area contributed by atoms with E-state index in [9.17, 15) is 9.59 Å². The SMILES string of the molecule is Cc1ccccc1[C@H](CC(=O)O)NC(=O)C[C@H]1C=CCC1. The van der Waals surface area contributed by atoms with Gasteiger partial charge in [-0.3, -0.25) is 9.59 Å². The fourth-order valence-corrected chi connectivity index (χ4v) is 2.75. The molecule has 0 spiro atoms. The Labute approximate surface area is 124 Å². The van der Waals surface area contributed by atoms with Crippen LogP contribution < -0.4 is 5.32 Å². The molecule has 2 N–H and O–H groups in total. The summed E-state index contributed by atoms with van der Waals surface area (Å²) in [7, 11) is 0. The lowest BCUT2D eigenvalue weighted by atomic mass is 9.98. The van der Waals surface area contributed by atoms with Gasteiger partial charge in [-0.15, -0.1) is 0 Å². The van der Waals surface area contributed by atoms with Gasteiger partial charge in [0.05, 0.1) is 12.5 Å². The first kappa shape index (κ1) is 15.3. The predicted molar refractivity (Wildman–Crippen MR) is 80.8 cm³/mol. The van der Waals surface area contributed by atoms with E-state index in [-0.39, 0.29) is 18.2 Å². The summed E-state index contributed by atoms with van der Waals surface area (Å²) in [5.41, 5.74) is 1.86. The second-order valence-electron chi connectivity index (χ2n) is 5.54. The topological polar surface area (TPSA) is 66.4 Å². The standard InChI is InChI=1S/C17H21NO3/c1-12-6-2-5-9-14(12)15(11-17(20)21)18-16(19)10-13-7-3-4-8-13/h2-3,5-7,9,13,15H,4,8,10-11H2,1H3,(H,18,19)(H,20,21)/t13-,15-/m0/s1. The fourth-order valence-electron chi connectivity index (χ4n) is 2.75. The molecule has 0 radical (unpaired) electrons. The minimum Gasteiger partial charge on any atom is -0.481 e. The predicted octanol–water partition coefficient (Wildman–Crippen LogP) is 2.98. The van der Waals surface area contributed by atoms with Crippen molar-refractivity contribution in [2.75, 3.05) is 0 Å². The van der Waals surface area contributed by atoms with Crippen molar-refractivity contribution >= 4 is 11.9 Å². The highest BCUT2D eigenvalue weighted by Crippen LogP contribution is 2.23. The summed E-state index contributed by atoms with van der Waals surface area (Å²) in [4.78, 5) is 23.2. The minimum absolute atomic E-state index is 0.0824. The maximum atomic E-state index is 12.1. The Balaban J connectivity index is 2.05. The first-order valence-electron chi connectivity index (χ1n) is 7.29. The van der Waals surface area contributed by atoms with E-state index >= 15 is 0 Å². The van der Waals surface area contributed by atoms with E-state index in [1.165, 1.54) is 0 Å². The van der Waals surface area contributed by atoms with Crippen LogP contribution in [0, 0.1) is 12.8 Å². The molecule has 0 unspecified atom stereocenters. The lowest BCUT2D eigenvalue weighted by Gasteiger charge is -2.20. The van der Waals surface area contributed by atoms with Gasteiger partial charge >= 0.3 is 5.97 Å². The molecule has 112 valence electrons. The van der Waals surface area contributed by atoms with E-state index in [4.69, 9.17) is 5.11 Å². The molecule has 1 aliphatic rings. The van der Waals surface area contributed by atoms with Crippen molar-refractivity contribution in [2.45, 2.75) is 38.6 Å². The molecule has 2 atom stereocenters. The van der Waals surface area contributed by atoms with Gasteiger partial charge in [0.2, 0.25) is 5.91 Å². The molecular weight excluding hydrogens is 266 g/mol. The van der Waals surface area contributed by atoms with Crippen molar-refractivity contribution in [3.05, 3.63) is 47.5 Å². The third-order valence-corrected chi connectivity index (χ3v) is 3.84. The molecule has 0 bridgehead atoms. The third-order valence-electron chi connectivity index (χ3n) is 3.84. The number of carbonyl (C=O) groups is 2. The Kier molecular flexibility index (Phi) is 5.14. The number of amides is 1. The highest BCUT2D eigenvalue weighted by Gasteiger charge is 2.21. The lowest BCUT2D eigenvalue weighted by Crippen LogP contribution is -2.31. The van der Waals surface area contributed by atoms with Gasteiger partial charge in [-0.25, -0.2) is 0 Å². The average molecular weight is 287 g/mol. The Bertz CT molecular complexity index is 551. The maximum absolute atomic E-state index is 12.1. The van der Waals surface area contributed by atoms with Gasteiger partial charge in [0.15, 0.2) is 0 Å². The highest BCUT2D eigenvalue weighted by atomic mass is 16.4. The third kappa shape index (κ3) is 4.45. The number of hydrogen-bond donors (Lipinski definition) is 2. The molecule has 1 amide bonds.